The van der Waals surface area contributed by atoms with Gasteiger partial charge in [-0.15, -0.1) is 0 Å². The van der Waals surface area contributed by atoms with Crippen molar-refractivity contribution in [3.8, 4) is 5.75 Å². The Labute approximate surface area is 148 Å². The van der Waals surface area contributed by atoms with E-state index in [-0.39, 0.29) is 12.5 Å². The fourth-order valence-electron chi connectivity index (χ4n) is 3.60. The molecule has 0 saturated carbocycles. The Balaban J connectivity index is 1.39. The number of hydrogen-bond donors (Lipinski definition) is 2. The van der Waals surface area contributed by atoms with Gasteiger partial charge in [-0.25, -0.2) is 0 Å². The summed E-state index contributed by atoms with van der Waals surface area (Å²) in [5.74, 6) is 0.631. The summed E-state index contributed by atoms with van der Waals surface area (Å²) < 4.78 is 5.50. The van der Waals surface area contributed by atoms with Gasteiger partial charge in [-0.1, -0.05) is 30.3 Å². The number of anilines is 2. The molecule has 2 aliphatic rings. The molecule has 0 spiro atoms. The van der Waals surface area contributed by atoms with Gasteiger partial charge in [0.25, 0.3) is 5.91 Å². The van der Waals surface area contributed by atoms with Crippen LogP contribution in [0, 0.1) is 0 Å². The highest BCUT2D eigenvalue weighted by Crippen LogP contribution is 2.32. The third-order valence-electron chi connectivity index (χ3n) is 5.03. The largest absolute Gasteiger partial charge is 0.482 e. The third kappa shape index (κ3) is 3.46. The predicted octanol–water partition coefficient (Wildman–Crippen LogP) is 3.26. The van der Waals surface area contributed by atoms with Crippen LogP contribution in [-0.4, -0.2) is 36.5 Å². The van der Waals surface area contributed by atoms with Crippen LogP contribution in [-0.2, 0) is 4.79 Å². The Morgan fingerprint density at radius 2 is 2.08 bits per heavy atom. The molecule has 1 fully saturated rings. The van der Waals surface area contributed by atoms with Crippen molar-refractivity contribution < 1.29 is 9.53 Å². The average Bonchev–Trinajstić information content (AvgIpc) is 3.10. The van der Waals surface area contributed by atoms with E-state index < -0.39 is 0 Å². The monoisotopic (exact) mass is 337 g/mol. The Bertz CT molecular complexity index is 763. The minimum absolute atomic E-state index is 0.0856. The zero-order chi connectivity index (χ0) is 17.2. The maximum Gasteiger partial charge on any atom is 0.262 e. The lowest BCUT2D eigenvalue weighted by molar-refractivity contribution is -0.118. The van der Waals surface area contributed by atoms with Crippen LogP contribution in [0.25, 0.3) is 0 Å². The minimum atomic E-state index is -0.102. The summed E-state index contributed by atoms with van der Waals surface area (Å²) in [6.45, 7) is 4.46. The summed E-state index contributed by atoms with van der Waals surface area (Å²) in [6.07, 6.45) is 1.12. The van der Waals surface area contributed by atoms with Crippen LogP contribution in [0.4, 0.5) is 11.4 Å². The molecule has 0 aliphatic carbocycles. The minimum Gasteiger partial charge on any atom is -0.482 e. The van der Waals surface area contributed by atoms with Crippen LogP contribution >= 0.6 is 0 Å². The fraction of sp³-hybridized carbons (Fsp3) is 0.350. The van der Waals surface area contributed by atoms with Crippen molar-refractivity contribution in [1.29, 1.82) is 0 Å². The van der Waals surface area contributed by atoms with Crippen molar-refractivity contribution >= 4 is 17.3 Å². The molecule has 130 valence electrons. The number of fused-ring (bicyclic) bond motifs is 1. The van der Waals surface area contributed by atoms with Gasteiger partial charge in [-0.2, -0.15) is 0 Å². The number of rotatable bonds is 4. The molecule has 5 heteroatoms. The molecule has 0 radical (unpaired) electrons. The lowest BCUT2D eigenvalue weighted by atomic mass is 10.1. The van der Waals surface area contributed by atoms with E-state index in [1.54, 1.807) is 0 Å². The van der Waals surface area contributed by atoms with E-state index in [4.69, 9.17) is 4.74 Å². The maximum atomic E-state index is 11.3. The van der Waals surface area contributed by atoms with E-state index in [0.717, 1.165) is 36.6 Å². The average molecular weight is 337 g/mol. The first-order valence-corrected chi connectivity index (χ1v) is 8.81. The van der Waals surface area contributed by atoms with Gasteiger partial charge >= 0.3 is 0 Å². The first-order valence-electron chi connectivity index (χ1n) is 8.81. The second-order valence-electron chi connectivity index (χ2n) is 6.76. The van der Waals surface area contributed by atoms with Crippen LogP contribution in [0.15, 0.2) is 48.5 Å². The lowest BCUT2D eigenvalue weighted by Crippen LogP contribution is -2.28. The molecular formula is C20H23N3O2. The van der Waals surface area contributed by atoms with E-state index >= 15 is 0 Å². The van der Waals surface area contributed by atoms with Crippen LogP contribution < -0.4 is 15.4 Å². The van der Waals surface area contributed by atoms with Crippen molar-refractivity contribution in [2.75, 3.05) is 30.3 Å². The van der Waals surface area contributed by atoms with Crippen LogP contribution in [0.3, 0.4) is 0 Å². The zero-order valence-electron chi connectivity index (χ0n) is 14.4. The van der Waals surface area contributed by atoms with Crippen molar-refractivity contribution in [3.05, 3.63) is 54.1 Å². The van der Waals surface area contributed by atoms with Gasteiger partial charge < -0.3 is 15.4 Å². The number of nitrogens with one attached hydrogen (secondary N) is 2. The van der Waals surface area contributed by atoms with Crippen LogP contribution in [0.2, 0.25) is 0 Å². The molecule has 5 nitrogen and oxygen atoms in total. The standard InChI is InChI=1S/C20H23N3O2/c1-14(15-5-3-2-4-6-15)23-10-9-17(12-23)21-16-7-8-18-19(11-16)25-13-20(24)22-18/h2-8,11,14,17,21H,9-10,12-13H2,1H3,(H,22,24)/t14-,17+/m1/s1. The summed E-state index contributed by atoms with van der Waals surface area (Å²) in [5, 5.41) is 6.43. The number of ether oxygens (including phenoxy) is 1. The first-order chi connectivity index (χ1) is 12.2. The highest BCUT2D eigenvalue weighted by atomic mass is 16.5. The molecule has 0 unspecified atom stereocenters. The molecular weight excluding hydrogens is 314 g/mol. The maximum absolute atomic E-state index is 11.3. The molecule has 25 heavy (non-hydrogen) atoms. The quantitative estimate of drug-likeness (QED) is 0.899. The second kappa shape index (κ2) is 6.76. The lowest BCUT2D eigenvalue weighted by Gasteiger charge is -2.25. The molecule has 2 atom stereocenters. The van der Waals surface area contributed by atoms with Gasteiger partial charge in [0.15, 0.2) is 6.61 Å². The number of likely N-dealkylation sites (tertiary alicyclic amines) is 1. The molecule has 4 rings (SSSR count). The number of hydrogen-bond acceptors (Lipinski definition) is 4. The summed E-state index contributed by atoms with van der Waals surface area (Å²) >= 11 is 0. The highest BCUT2D eigenvalue weighted by Gasteiger charge is 2.27. The van der Waals surface area contributed by atoms with E-state index in [2.05, 4.69) is 52.8 Å². The van der Waals surface area contributed by atoms with Gasteiger partial charge in [0.2, 0.25) is 0 Å². The van der Waals surface area contributed by atoms with Crippen molar-refractivity contribution in [1.82, 2.24) is 4.90 Å². The number of nitrogens with zero attached hydrogens (tertiary/aromatic N) is 1. The first kappa shape index (κ1) is 16.0. The summed E-state index contributed by atoms with van der Waals surface area (Å²) in [4.78, 5) is 13.9. The molecule has 2 aromatic rings. The van der Waals surface area contributed by atoms with Crippen LogP contribution in [0.1, 0.15) is 24.9 Å². The molecule has 2 heterocycles. The SMILES string of the molecule is C[C@H](c1ccccc1)N1CC[C@H](Nc2ccc3c(c2)OCC(=O)N3)C1. The number of carbonyl (C=O) groups is 1. The molecule has 2 aromatic carbocycles. The van der Waals surface area contributed by atoms with Gasteiger partial charge in [0, 0.05) is 36.9 Å². The Kier molecular flexibility index (Phi) is 4.32. The molecule has 2 N–H and O–H groups in total. The molecule has 0 bridgehead atoms. The summed E-state index contributed by atoms with van der Waals surface area (Å²) in [7, 11) is 0. The van der Waals surface area contributed by atoms with Crippen molar-refractivity contribution in [2.24, 2.45) is 0 Å². The Hall–Kier alpha value is -2.53. The molecule has 1 saturated heterocycles. The van der Waals surface area contributed by atoms with Crippen molar-refractivity contribution in [3.63, 3.8) is 0 Å². The molecule has 1 amide bonds. The fourth-order valence-corrected chi connectivity index (χ4v) is 3.60. The van der Waals surface area contributed by atoms with Gasteiger partial charge in [0.05, 0.1) is 5.69 Å². The van der Waals surface area contributed by atoms with E-state index in [1.165, 1.54) is 5.56 Å². The number of amides is 1. The van der Waals surface area contributed by atoms with Gasteiger partial charge in [-0.05, 0) is 31.0 Å². The van der Waals surface area contributed by atoms with Gasteiger partial charge in [0.1, 0.15) is 5.75 Å². The van der Waals surface area contributed by atoms with E-state index in [0.29, 0.717) is 12.1 Å². The van der Waals surface area contributed by atoms with E-state index in [9.17, 15) is 4.79 Å². The van der Waals surface area contributed by atoms with Crippen LogP contribution in [0.5, 0.6) is 5.75 Å². The topological polar surface area (TPSA) is 53.6 Å². The van der Waals surface area contributed by atoms with E-state index in [1.807, 2.05) is 18.2 Å². The highest BCUT2D eigenvalue weighted by molar-refractivity contribution is 5.95. The third-order valence-corrected chi connectivity index (χ3v) is 5.03. The van der Waals surface area contributed by atoms with Gasteiger partial charge in [-0.3, -0.25) is 9.69 Å². The second-order valence-corrected chi connectivity index (χ2v) is 6.76. The Morgan fingerprint density at radius 1 is 1.24 bits per heavy atom. The summed E-state index contributed by atoms with van der Waals surface area (Å²) in [6, 6.07) is 17.4. The predicted molar refractivity (Wildman–Crippen MR) is 99.0 cm³/mol. The smallest absolute Gasteiger partial charge is 0.262 e. The number of benzene rings is 2. The summed E-state index contributed by atoms with van der Waals surface area (Å²) in [5.41, 5.74) is 3.14. The number of carbonyl (C=O) groups excluding carboxylic acids is 1. The zero-order valence-corrected chi connectivity index (χ0v) is 14.4. The normalized spacial score (nSPS) is 21.2. The van der Waals surface area contributed by atoms with Crippen molar-refractivity contribution in [2.45, 2.75) is 25.4 Å². The molecule has 0 aromatic heterocycles. The molecule has 2 aliphatic heterocycles. The Morgan fingerprint density at radius 3 is 2.92 bits per heavy atom.